The van der Waals surface area contributed by atoms with Crippen molar-refractivity contribution in [3.05, 3.63) is 77.6 Å². The minimum atomic E-state index is -0.412. The SMILES string of the molecule is CCc1ccc(-n2cc(C(=O)NC3(c4ccccc4)CCNC3)nn2)cc1. The fraction of sp³-hybridized carbons (Fsp3) is 0.286. The van der Waals surface area contributed by atoms with Crippen molar-refractivity contribution in [3.63, 3.8) is 0 Å². The monoisotopic (exact) mass is 361 g/mol. The summed E-state index contributed by atoms with van der Waals surface area (Å²) >= 11 is 0. The summed E-state index contributed by atoms with van der Waals surface area (Å²) < 4.78 is 1.64. The van der Waals surface area contributed by atoms with Crippen molar-refractivity contribution in [3.8, 4) is 5.69 Å². The Morgan fingerprint density at radius 2 is 1.96 bits per heavy atom. The third-order valence-corrected chi connectivity index (χ3v) is 5.17. The van der Waals surface area contributed by atoms with Crippen LogP contribution in [-0.2, 0) is 12.0 Å². The van der Waals surface area contributed by atoms with E-state index in [2.05, 4.69) is 52.1 Å². The molecule has 138 valence electrons. The summed E-state index contributed by atoms with van der Waals surface area (Å²) in [7, 11) is 0. The lowest BCUT2D eigenvalue weighted by Gasteiger charge is -2.29. The van der Waals surface area contributed by atoms with E-state index in [0.717, 1.165) is 30.6 Å². The van der Waals surface area contributed by atoms with E-state index in [1.54, 1.807) is 10.9 Å². The second kappa shape index (κ2) is 7.32. The van der Waals surface area contributed by atoms with Crippen LogP contribution in [-0.4, -0.2) is 34.0 Å². The molecule has 1 fully saturated rings. The first-order valence-corrected chi connectivity index (χ1v) is 9.31. The highest BCUT2D eigenvalue weighted by atomic mass is 16.2. The summed E-state index contributed by atoms with van der Waals surface area (Å²) in [4.78, 5) is 12.9. The second-order valence-electron chi connectivity index (χ2n) is 6.90. The molecule has 1 atom stereocenters. The number of aromatic nitrogens is 3. The predicted octanol–water partition coefficient (Wildman–Crippen LogP) is 2.45. The molecule has 6 nitrogen and oxygen atoms in total. The van der Waals surface area contributed by atoms with Gasteiger partial charge >= 0.3 is 0 Å². The lowest BCUT2D eigenvalue weighted by molar-refractivity contribution is 0.0899. The Hall–Kier alpha value is -2.99. The average Bonchev–Trinajstić information content (AvgIpc) is 3.39. The van der Waals surface area contributed by atoms with E-state index >= 15 is 0 Å². The van der Waals surface area contributed by atoms with Gasteiger partial charge in [0.15, 0.2) is 5.69 Å². The van der Waals surface area contributed by atoms with Crippen molar-refractivity contribution in [2.75, 3.05) is 13.1 Å². The third-order valence-electron chi connectivity index (χ3n) is 5.17. The number of carbonyl (C=O) groups is 1. The van der Waals surface area contributed by atoms with Crippen LogP contribution in [0.25, 0.3) is 5.69 Å². The highest BCUT2D eigenvalue weighted by Crippen LogP contribution is 2.28. The van der Waals surface area contributed by atoms with Crippen molar-refractivity contribution in [1.82, 2.24) is 25.6 Å². The lowest BCUT2D eigenvalue weighted by Crippen LogP contribution is -2.47. The maximum Gasteiger partial charge on any atom is 0.274 e. The molecule has 1 aliphatic rings. The average molecular weight is 361 g/mol. The largest absolute Gasteiger partial charge is 0.340 e. The molecule has 0 bridgehead atoms. The molecule has 0 aliphatic carbocycles. The molecule has 1 aromatic heterocycles. The van der Waals surface area contributed by atoms with Gasteiger partial charge in [-0.05, 0) is 42.6 Å². The number of amides is 1. The number of rotatable bonds is 5. The number of aryl methyl sites for hydroxylation is 1. The van der Waals surface area contributed by atoms with E-state index in [0.29, 0.717) is 12.2 Å². The Bertz CT molecular complexity index is 911. The normalized spacial score (nSPS) is 19.1. The number of carbonyl (C=O) groups excluding carboxylic acids is 1. The third kappa shape index (κ3) is 3.48. The van der Waals surface area contributed by atoms with E-state index in [9.17, 15) is 4.79 Å². The van der Waals surface area contributed by atoms with Gasteiger partial charge < -0.3 is 10.6 Å². The molecule has 1 aliphatic heterocycles. The molecule has 1 unspecified atom stereocenters. The van der Waals surface area contributed by atoms with Crippen LogP contribution in [0.1, 0.15) is 35.0 Å². The Kier molecular flexibility index (Phi) is 4.73. The first-order valence-electron chi connectivity index (χ1n) is 9.31. The fourth-order valence-corrected chi connectivity index (χ4v) is 3.53. The van der Waals surface area contributed by atoms with Gasteiger partial charge in [-0.15, -0.1) is 5.10 Å². The van der Waals surface area contributed by atoms with Gasteiger partial charge in [0.1, 0.15) is 0 Å². The molecule has 4 rings (SSSR count). The standard InChI is InChI=1S/C21H23N5O/c1-2-16-8-10-18(11-9-16)26-14-19(24-25-26)20(27)23-21(12-13-22-15-21)17-6-4-3-5-7-17/h3-11,14,22H,2,12-13,15H2,1H3,(H,23,27). The maximum absolute atomic E-state index is 12.9. The van der Waals surface area contributed by atoms with Crippen LogP contribution < -0.4 is 10.6 Å². The lowest BCUT2D eigenvalue weighted by atomic mass is 9.89. The molecule has 0 spiro atoms. The Balaban J connectivity index is 1.55. The van der Waals surface area contributed by atoms with Gasteiger partial charge in [-0.3, -0.25) is 4.79 Å². The summed E-state index contributed by atoms with van der Waals surface area (Å²) in [6.07, 6.45) is 3.51. The summed E-state index contributed by atoms with van der Waals surface area (Å²) in [5.74, 6) is -0.209. The molecule has 27 heavy (non-hydrogen) atoms. The van der Waals surface area contributed by atoms with Crippen LogP contribution in [0.2, 0.25) is 0 Å². The van der Waals surface area contributed by atoms with Gasteiger partial charge in [-0.2, -0.15) is 0 Å². The van der Waals surface area contributed by atoms with E-state index < -0.39 is 5.54 Å². The van der Waals surface area contributed by atoms with E-state index in [1.165, 1.54) is 5.56 Å². The number of hydrogen-bond donors (Lipinski definition) is 2. The van der Waals surface area contributed by atoms with Crippen molar-refractivity contribution >= 4 is 5.91 Å². The van der Waals surface area contributed by atoms with Crippen molar-refractivity contribution in [2.45, 2.75) is 25.3 Å². The summed E-state index contributed by atoms with van der Waals surface area (Å²) in [5.41, 5.74) is 3.15. The highest BCUT2D eigenvalue weighted by Gasteiger charge is 2.37. The maximum atomic E-state index is 12.9. The first-order chi connectivity index (χ1) is 13.2. The Morgan fingerprint density at radius 3 is 2.63 bits per heavy atom. The summed E-state index contributed by atoms with van der Waals surface area (Å²) in [5, 5.41) is 14.8. The van der Waals surface area contributed by atoms with Crippen molar-refractivity contribution in [2.24, 2.45) is 0 Å². The van der Waals surface area contributed by atoms with Crippen LogP contribution in [0.3, 0.4) is 0 Å². The molecule has 2 aromatic carbocycles. The predicted molar refractivity (Wildman–Crippen MR) is 104 cm³/mol. The minimum absolute atomic E-state index is 0.209. The number of benzene rings is 2. The van der Waals surface area contributed by atoms with Gasteiger partial charge in [0, 0.05) is 6.54 Å². The molecule has 3 aromatic rings. The van der Waals surface area contributed by atoms with Crippen molar-refractivity contribution < 1.29 is 4.79 Å². The molecule has 6 heteroatoms. The summed E-state index contributed by atoms with van der Waals surface area (Å²) in [6, 6.07) is 18.2. The second-order valence-corrected chi connectivity index (χ2v) is 6.90. The molecule has 0 radical (unpaired) electrons. The molecule has 0 saturated carbocycles. The van der Waals surface area contributed by atoms with Crippen LogP contribution in [0.4, 0.5) is 0 Å². The van der Waals surface area contributed by atoms with Crippen LogP contribution in [0, 0.1) is 0 Å². The van der Waals surface area contributed by atoms with Gasteiger partial charge in [-0.25, -0.2) is 4.68 Å². The Morgan fingerprint density at radius 1 is 1.19 bits per heavy atom. The number of hydrogen-bond acceptors (Lipinski definition) is 4. The van der Waals surface area contributed by atoms with E-state index in [-0.39, 0.29) is 5.91 Å². The zero-order chi connectivity index (χ0) is 18.7. The first kappa shape index (κ1) is 17.4. The quantitative estimate of drug-likeness (QED) is 0.732. The zero-order valence-corrected chi connectivity index (χ0v) is 15.4. The zero-order valence-electron chi connectivity index (χ0n) is 15.4. The Labute approximate surface area is 158 Å². The molecular weight excluding hydrogens is 338 g/mol. The topological polar surface area (TPSA) is 71.8 Å². The van der Waals surface area contributed by atoms with Crippen LogP contribution >= 0.6 is 0 Å². The number of nitrogens with zero attached hydrogens (tertiary/aromatic N) is 3. The minimum Gasteiger partial charge on any atom is -0.340 e. The van der Waals surface area contributed by atoms with E-state index in [1.807, 2.05) is 30.3 Å². The molecule has 2 heterocycles. The molecule has 2 N–H and O–H groups in total. The number of nitrogens with one attached hydrogen (secondary N) is 2. The van der Waals surface area contributed by atoms with Gasteiger partial charge in [0.05, 0.1) is 17.4 Å². The molecular formula is C21H23N5O. The highest BCUT2D eigenvalue weighted by molar-refractivity contribution is 5.92. The smallest absolute Gasteiger partial charge is 0.274 e. The van der Waals surface area contributed by atoms with Gasteiger partial charge in [0.25, 0.3) is 5.91 Å². The van der Waals surface area contributed by atoms with Crippen molar-refractivity contribution in [1.29, 1.82) is 0 Å². The van der Waals surface area contributed by atoms with Gasteiger partial charge in [0.2, 0.25) is 0 Å². The van der Waals surface area contributed by atoms with Gasteiger partial charge in [-0.1, -0.05) is 54.6 Å². The van der Waals surface area contributed by atoms with E-state index in [4.69, 9.17) is 0 Å². The summed E-state index contributed by atoms with van der Waals surface area (Å²) in [6.45, 7) is 3.69. The molecule has 1 amide bonds. The van der Waals surface area contributed by atoms with Crippen LogP contribution in [0.15, 0.2) is 60.8 Å². The van der Waals surface area contributed by atoms with Crippen LogP contribution in [0.5, 0.6) is 0 Å². The molecule has 1 saturated heterocycles. The fourth-order valence-electron chi connectivity index (χ4n) is 3.53.